The minimum Gasteiger partial charge on any atom is -0.400 e. The van der Waals surface area contributed by atoms with Gasteiger partial charge in [0.1, 0.15) is 0 Å². The molecule has 5 heteroatoms. The molecule has 0 heterocycles. The van der Waals surface area contributed by atoms with Crippen LogP contribution in [0.4, 0.5) is 4.79 Å². The summed E-state index contributed by atoms with van der Waals surface area (Å²) in [4.78, 5) is 13.9. The van der Waals surface area contributed by atoms with Crippen molar-refractivity contribution in [1.29, 1.82) is 0 Å². The topological polar surface area (TPSA) is 65.0 Å². The third-order valence-electron chi connectivity index (χ3n) is 1.60. The fourth-order valence-corrected chi connectivity index (χ4v) is 0.919. The summed E-state index contributed by atoms with van der Waals surface area (Å²) in [5.41, 5.74) is 0. The normalized spacial score (nSPS) is 11.1. The highest BCUT2D eigenvalue weighted by Gasteiger charge is 2.24. The van der Waals surface area contributed by atoms with E-state index in [9.17, 15) is 4.79 Å². The first kappa shape index (κ1) is 13.2. The third-order valence-corrected chi connectivity index (χ3v) is 1.60. The van der Waals surface area contributed by atoms with E-state index in [0.29, 0.717) is 6.61 Å². The highest BCUT2D eigenvalue weighted by atomic mass is 17.2. The summed E-state index contributed by atoms with van der Waals surface area (Å²) in [6.07, 6.45) is 1.92. The summed E-state index contributed by atoms with van der Waals surface area (Å²) in [5.74, 6) is -1.06. The molecule has 0 bridgehead atoms. The van der Waals surface area contributed by atoms with Crippen molar-refractivity contribution in [3.8, 4) is 0 Å². The molecular formula is C9H18O5. The maximum Gasteiger partial charge on any atom is 0.542 e. The average molecular weight is 206 g/mol. The quantitative estimate of drug-likeness (QED) is 0.238. The van der Waals surface area contributed by atoms with Gasteiger partial charge in [0.15, 0.2) is 0 Å². The minimum absolute atomic E-state index is 0.513. The van der Waals surface area contributed by atoms with Gasteiger partial charge in [0.25, 0.3) is 0 Å². The molecule has 0 radical (unpaired) electrons. The van der Waals surface area contributed by atoms with Gasteiger partial charge in [-0.05, 0) is 6.42 Å². The van der Waals surface area contributed by atoms with Gasteiger partial charge in [-0.15, -0.1) is 0 Å². The van der Waals surface area contributed by atoms with Gasteiger partial charge in [-0.25, -0.2) is 4.79 Å². The van der Waals surface area contributed by atoms with Crippen molar-refractivity contribution in [2.24, 2.45) is 0 Å². The number of hydrogen-bond donors (Lipinski definition) is 1. The van der Waals surface area contributed by atoms with Crippen LogP contribution < -0.4 is 0 Å². The van der Waals surface area contributed by atoms with Crippen LogP contribution in [-0.2, 0) is 14.4 Å². The summed E-state index contributed by atoms with van der Waals surface area (Å²) in [6, 6.07) is 0. The van der Waals surface area contributed by atoms with Crippen LogP contribution in [0, 0.1) is 0 Å². The van der Waals surface area contributed by atoms with E-state index in [1.165, 1.54) is 0 Å². The first-order chi connectivity index (χ1) is 6.52. The van der Waals surface area contributed by atoms with Gasteiger partial charge in [-0.1, -0.05) is 19.8 Å². The molecule has 0 aliphatic heterocycles. The fraction of sp³-hybridized carbons (Fsp3) is 0.889. The van der Waals surface area contributed by atoms with Crippen molar-refractivity contribution in [3.05, 3.63) is 0 Å². The van der Waals surface area contributed by atoms with Crippen LogP contribution in [0.2, 0.25) is 0 Å². The Hall–Kier alpha value is -0.810. The van der Waals surface area contributed by atoms with Crippen LogP contribution in [0.1, 0.15) is 40.0 Å². The lowest BCUT2D eigenvalue weighted by Gasteiger charge is -2.23. The maximum atomic E-state index is 10.5. The molecule has 0 aromatic carbocycles. The Balaban J connectivity index is 3.66. The number of hydrogen-bond acceptors (Lipinski definition) is 5. The van der Waals surface area contributed by atoms with Gasteiger partial charge >= 0.3 is 6.16 Å². The molecule has 0 amide bonds. The first-order valence-electron chi connectivity index (χ1n) is 4.70. The Bertz CT molecular complexity index is 167. The van der Waals surface area contributed by atoms with Crippen LogP contribution in [0.15, 0.2) is 0 Å². The second-order valence-corrected chi connectivity index (χ2v) is 3.40. The highest BCUT2D eigenvalue weighted by Crippen LogP contribution is 2.13. The monoisotopic (exact) mass is 206 g/mol. The molecule has 0 atom stereocenters. The van der Waals surface area contributed by atoms with Crippen molar-refractivity contribution in [2.75, 3.05) is 6.61 Å². The van der Waals surface area contributed by atoms with Crippen LogP contribution in [-0.4, -0.2) is 23.8 Å². The van der Waals surface area contributed by atoms with E-state index < -0.39 is 11.9 Å². The summed E-state index contributed by atoms with van der Waals surface area (Å²) in [6.45, 7) is 5.76. The molecule has 0 saturated carbocycles. The van der Waals surface area contributed by atoms with Gasteiger partial charge in [0, 0.05) is 13.8 Å². The first-order valence-corrected chi connectivity index (χ1v) is 4.70. The summed E-state index contributed by atoms with van der Waals surface area (Å²) in [7, 11) is 0. The second-order valence-electron chi connectivity index (χ2n) is 3.40. The average Bonchev–Trinajstić information content (AvgIpc) is 2.12. The predicted molar refractivity (Wildman–Crippen MR) is 49.8 cm³/mol. The molecule has 0 aliphatic rings. The molecule has 1 N–H and O–H groups in total. The standard InChI is InChI=1S/C9H18O5/c1-4-5-6-7-12-9(2,3)13-8(10)14-11/h11H,4-7H2,1-3H3. The molecule has 0 rings (SSSR count). The summed E-state index contributed by atoms with van der Waals surface area (Å²) in [5, 5.41) is 7.98. The van der Waals surface area contributed by atoms with Crippen LogP contribution >= 0.6 is 0 Å². The Labute approximate surface area is 83.9 Å². The molecule has 0 aromatic rings. The van der Waals surface area contributed by atoms with Gasteiger partial charge in [-0.3, -0.25) is 4.89 Å². The third kappa shape index (κ3) is 6.68. The Morgan fingerprint density at radius 2 is 2.00 bits per heavy atom. The van der Waals surface area contributed by atoms with E-state index in [0.717, 1.165) is 19.3 Å². The number of unbranched alkanes of at least 4 members (excludes halogenated alkanes) is 2. The molecule has 0 spiro atoms. The largest absolute Gasteiger partial charge is 0.542 e. The van der Waals surface area contributed by atoms with Crippen molar-refractivity contribution in [3.63, 3.8) is 0 Å². The van der Waals surface area contributed by atoms with Gasteiger partial charge in [-0.2, -0.15) is 5.26 Å². The molecule has 0 unspecified atom stereocenters. The van der Waals surface area contributed by atoms with E-state index in [1.54, 1.807) is 13.8 Å². The molecule has 0 aromatic heterocycles. The zero-order valence-corrected chi connectivity index (χ0v) is 8.91. The van der Waals surface area contributed by atoms with E-state index in [-0.39, 0.29) is 0 Å². The zero-order valence-electron chi connectivity index (χ0n) is 8.91. The van der Waals surface area contributed by atoms with Crippen molar-refractivity contribution in [1.82, 2.24) is 0 Å². The SMILES string of the molecule is CCCCCOC(C)(C)OC(=O)OO. The molecule has 0 fully saturated rings. The lowest BCUT2D eigenvalue weighted by Crippen LogP contribution is -2.31. The van der Waals surface area contributed by atoms with Crippen molar-refractivity contribution >= 4 is 6.16 Å². The maximum absolute atomic E-state index is 10.5. The fourth-order valence-electron chi connectivity index (χ4n) is 0.919. The molecule has 5 nitrogen and oxygen atoms in total. The highest BCUT2D eigenvalue weighted by molar-refractivity contribution is 5.59. The van der Waals surface area contributed by atoms with Crippen molar-refractivity contribution in [2.45, 2.75) is 45.8 Å². The second kappa shape index (κ2) is 6.62. The van der Waals surface area contributed by atoms with Gasteiger partial charge in [0.2, 0.25) is 5.79 Å². The summed E-state index contributed by atoms with van der Waals surface area (Å²) < 4.78 is 9.90. The van der Waals surface area contributed by atoms with Gasteiger partial charge < -0.3 is 9.47 Å². The van der Waals surface area contributed by atoms with Crippen LogP contribution in [0.5, 0.6) is 0 Å². The van der Waals surface area contributed by atoms with Gasteiger partial charge in [0.05, 0.1) is 6.61 Å². The van der Waals surface area contributed by atoms with E-state index >= 15 is 0 Å². The summed E-state index contributed by atoms with van der Waals surface area (Å²) >= 11 is 0. The number of ether oxygens (including phenoxy) is 2. The zero-order chi connectivity index (χ0) is 11.0. The lowest BCUT2D eigenvalue weighted by atomic mass is 10.2. The molecular weight excluding hydrogens is 188 g/mol. The van der Waals surface area contributed by atoms with Crippen molar-refractivity contribution < 1.29 is 24.4 Å². The number of carbonyl (C=O) groups excluding carboxylic acids is 1. The van der Waals surface area contributed by atoms with E-state index in [1.807, 2.05) is 0 Å². The molecule has 0 aliphatic carbocycles. The van der Waals surface area contributed by atoms with E-state index in [4.69, 9.17) is 9.99 Å². The Kier molecular flexibility index (Phi) is 6.23. The molecule has 14 heavy (non-hydrogen) atoms. The Morgan fingerprint density at radius 1 is 1.36 bits per heavy atom. The lowest BCUT2D eigenvalue weighted by molar-refractivity contribution is -0.249. The van der Waals surface area contributed by atoms with E-state index in [2.05, 4.69) is 16.5 Å². The minimum atomic E-state index is -1.16. The van der Waals surface area contributed by atoms with Crippen LogP contribution in [0.25, 0.3) is 0 Å². The molecule has 84 valence electrons. The number of carbonyl (C=O) groups is 1. The predicted octanol–water partition coefficient (Wildman–Crippen LogP) is 2.56. The number of rotatable bonds is 6. The smallest absolute Gasteiger partial charge is 0.400 e. The van der Waals surface area contributed by atoms with Crippen LogP contribution in [0.3, 0.4) is 0 Å². The molecule has 0 saturated heterocycles. The Morgan fingerprint density at radius 3 is 2.50 bits per heavy atom.